The maximum atomic E-state index is 6.24. The van der Waals surface area contributed by atoms with E-state index < -0.39 is 0 Å². The van der Waals surface area contributed by atoms with Crippen LogP contribution in [0.4, 0.5) is 5.69 Å². The van der Waals surface area contributed by atoms with Gasteiger partial charge in [0, 0.05) is 28.3 Å². The zero-order valence-corrected chi connectivity index (χ0v) is 11.6. The molecule has 1 aromatic carbocycles. The summed E-state index contributed by atoms with van der Waals surface area (Å²) in [4.78, 5) is 4.45. The highest BCUT2D eigenvalue weighted by Gasteiger charge is 2.09. The Balaban J connectivity index is 2.50. The molecule has 0 unspecified atom stereocenters. The topological polar surface area (TPSA) is 50.9 Å². The lowest BCUT2D eigenvalue weighted by Crippen LogP contribution is -2.09. The first-order valence-electron chi connectivity index (χ1n) is 5.82. The number of hydrogen-bond donors (Lipinski definition) is 2. The van der Waals surface area contributed by atoms with E-state index in [2.05, 4.69) is 10.3 Å². The van der Waals surface area contributed by atoms with Gasteiger partial charge < -0.3 is 11.1 Å². The number of nitrogens with two attached hydrogens (primary N) is 1. The van der Waals surface area contributed by atoms with Crippen LogP contribution in [0.2, 0.25) is 10.0 Å². The van der Waals surface area contributed by atoms with Crippen LogP contribution in [-0.4, -0.2) is 18.1 Å². The first-order chi connectivity index (χ1) is 8.61. The molecule has 0 aliphatic rings. The van der Waals surface area contributed by atoms with E-state index >= 15 is 0 Å². The minimum Gasteiger partial charge on any atom is -0.384 e. The molecule has 0 amide bonds. The van der Waals surface area contributed by atoms with Crippen molar-refractivity contribution in [2.45, 2.75) is 13.3 Å². The van der Waals surface area contributed by atoms with Gasteiger partial charge in [-0.15, -0.1) is 0 Å². The monoisotopic (exact) mass is 283 g/mol. The van der Waals surface area contributed by atoms with Gasteiger partial charge >= 0.3 is 0 Å². The van der Waals surface area contributed by atoms with Crippen molar-refractivity contribution < 1.29 is 0 Å². The van der Waals surface area contributed by atoms with Crippen molar-refractivity contribution in [2.24, 2.45) is 5.73 Å². The number of aromatic nitrogens is 1. The van der Waals surface area contributed by atoms with Gasteiger partial charge in [-0.05, 0) is 38.1 Å². The predicted molar refractivity (Wildman–Crippen MR) is 78.7 cm³/mol. The summed E-state index contributed by atoms with van der Waals surface area (Å²) in [7, 11) is 0. The van der Waals surface area contributed by atoms with Gasteiger partial charge in [-0.3, -0.25) is 4.98 Å². The number of rotatable bonds is 4. The zero-order valence-electron chi connectivity index (χ0n) is 10.1. The van der Waals surface area contributed by atoms with Gasteiger partial charge in [-0.2, -0.15) is 0 Å². The smallest absolute Gasteiger partial charge is 0.0755 e. The summed E-state index contributed by atoms with van der Waals surface area (Å²) in [6, 6.07) is 5.54. The van der Waals surface area contributed by atoms with Crippen LogP contribution >= 0.6 is 23.2 Å². The molecule has 0 atom stereocenters. The van der Waals surface area contributed by atoms with Crippen LogP contribution in [0.15, 0.2) is 18.2 Å². The lowest BCUT2D eigenvalue weighted by molar-refractivity contribution is 0.875. The van der Waals surface area contributed by atoms with Crippen LogP contribution in [0.25, 0.3) is 10.9 Å². The van der Waals surface area contributed by atoms with Gasteiger partial charge in [-0.25, -0.2) is 0 Å². The quantitative estimate of drug-likeness (QED) is 0.843. The Morgan fingerprint density at radius 3 is 2.78 bits per heavy atom. The fraction of sp³-hybridized carbons (Fsp3) is 0.308. The van der Waals surface area contributed by atoms with Crippen molar-refractivity contribution in [3.63, 3.8) is 0 Å². The summed E-state index contributed by atoms with van der Waals surface area (Å²) in [6.07, 6.45) is 0.911. The van der Waals surface area contributed by atoms with Crippen LogP contribution < -0.4 is 11.1 Å². The Labute approximate surface area is 116 Å². The standard InChI is InChI=1S/C13H15Cl2N3/c1-8-5-11(17-4-2-3-16)13-10(15)6-9(14)7-12(13)18-8/h5-7H,2-4,16H2,1H3,(H,17,18). The molecule has 0 saturated carbocycles. The number of hydrogen-bond acceptors (Lipinski definition) is 3. The SMILES string of the molecule is Cc1cc(NCCCN)c2c(Cl)cc(Cl)cc2n1. The van der Waals surface area contributed by atoms with Crippen LogP contribution in [0.5, 0.6) is 0 Å². The molecule has 2 aromatic rings. The lowest BCUT2D eigenvalue weighted by atomic mass is 10.1. The fourth-order valence-electron chi connectivity index (χ4n) is 1.88. The fourth-order valence-corrected chi connectivity index (χ4v) is 2.47. The third-order valence-electron chi connectivity index (χ3n) is 2.65. The van der Waals surface area contributed by atoms with Gasteiger partial charge in [0.1, 0.15) is 0 Å². The number of anilines is 1. The number of aryl methyl sites for hydroxylation is 1. The molecule has 0 radical (unpaired) electrons. The van der Waals surface area contributed by atoms with E-state index in [9.17, 15) is 0 Å². The van der Waals surface area contributed by atoms with Crippen LogP contribution in [-0.2, 0) is 0 Å². The average molecular weight is 284 g/mol. The molecule has 3 nitrogen and oxygen atoms in total. The van der Waals surface area contributed by atoms with Crippen molar-refractivity contribution in [1.82, 2.24) is 4.98 Å². The zero-order chi connectivity index (χ0) is 13.1. The van der Waals surface area contributed by atoms with Crippen molar-refractivity contribution in [3.8, 4) is 0 Å². The van der Waals surface area contributed by atoms with E-state index in [1.54, 1.807) is 6.07 Å². The van der Waals surface area contributed by atoms with E-state index in [1.165, 1.54) is 0 Å². The Morgan fingerprint density at radius 1 is 1.28 bits per heavy atom. The Hall–Kier alpha value is -1.03. The Bertz CT molecular complexity index is 564. The molecule has 0 saturated heterocycles. The number of halogens is 2. The largest absolute Gasteiger partial charge is 0.384 e. The molecule has 3 N–H and O–H groups in total. The highest BCUT2D eigenvalue weighted by atomic mass is 35.5. The molecular weight excluding hydrogens is 269 g/mol. The van der Waals surface area contributed by atoms with Gasteiger partial charge in [-0.1, -0.05) is 23.2 Å². The molecule has 0 fully saturated rings. The van der Waals surface area contributed by atoms with Crippen LogP contribution in [0.1, 0.15) is 12.1 Å². The first-order valence-corrected chi connectivity index (χ1v) is 6.57. The molecule has 0 spiro atoms. The molecule has 5 heteroatoms. The van der Waals surface area contributed by atoms with E-state index in [0.29, 0.717) is 16.6 Å². The molecule has 18 heavy (non-hydrogen) atoms. The molecule has 2 rings (SSSR count). The molecule has 0 aliphatic carbocycles. The minimum absolute atomic E-state index is 0.596. The van der Waals surface area contributed by atoms with Crippen LogP contribution in [0, 0.1) is 6.92 Å². The highest BCUT2D eigenvalue weighted by Crippen LogP contribution is 2.32. The van der Waals surface area contributed by atoms with E-state index in [-0.39, 0.29) is 0 Å². The third-order valence-corrected chi connectivity index (χ3v) is 3.17. The molecular formula is C13H15Cl2N3. The summed E-state index contributed by atoms with van der Waals surface area (Å²) in [5, 5.41) is 5.46. The highest BCUT2D eigenvalue weighted by molar-refractivity contribution is 6.39. The Kier molecular flexibility index (Phi) is 4.27. The molecule has 1 heterocycles. The molecule has 1 aromatic heterocycles. The van der Waals surface area contributed by atoms with Crippen molar-refractivity contribution >= 4 is 39.8 Å². The van der Waals surface area contributed by atoms with Gasteiger partial charge in [0.15, 0.2) is 0 Å². The lowest BCUT2D eigenvalue weighted by Gasteiger charge is -2.12. The van der Waals surface area contributed by atoms with E-state index in [1.807, 2.05) is 19.1 Å². The van der Waals surface area contributed by atoms with E-state index in [0.717, 1.165) is 35.2 Å². The second-order valence-electron chi connectivity index (χ2n) is 4.16. The number of pyridine rings is 1. The predicted octanol–water partition coefficient (Wildman–Crippen LogP) is 3.61. The van der Waals surface area contributed by atoms with Gasteiger partial charge in [0.2, 0.25) is 0 Å². The maximum absolute atomic E-state index is 6.24. The van der Waals surface area contributed by atoms with Crippen molar-refractivity contribution in [2.75, 3.05) is 18.4 Å². The summed E-state index contributed by atoms with van der Waals surface area (Å²) < 4.78 is 0. The number of nitrogens with zero attached hydrogens (tertiary/aromatic N) is 1. The summed E-state index contributed by atoms with van der Waals surface area (Å²) >= 11 is 12.2. The average Bonchev–Trinajstić information content (AvgIpc) is 2.27. The summed E-state index contributed by atoms with van der Waals surface area (Å²) in [5.74, 6) is 0. The summed E-state index contributed by atoms with van der Waals surface area (Å²) in [6.45, 7) is 3.42. The van der Waals surface area contributed by atoms with Gasteiger partial charge in [0.05, 0.1) is 10.5 Å². The van der Waals surface area contributed by atoms with Crippen molar-refractivity contribution in [1.29, 1.82) is 0 Å². The van der Waals surface area contributed by atoms with Crippen molar-refractivity contribution in [3.05, 3.63) is 33.9 Å². The normalized spacial score (nSPS) is 10.9. The Morgan fingerprint density at radius 2 is 2.06 bits per heavy atom. The van der Waals surface area contributed by atoms with Gasteiger partial charge in [0.25, 0.3) is 0 Å². The molecule has 96 valence electrons. The number of fused-ring (bicyclic) bond motifs is 1. The maximum Gasteiger partial charge on any atom is 0.0755 e. The second kappa shape index (κ2) is 5.74. The molecule has 0 aliphatic heterocycles. The number of nitrogens with one attached hydrogen (secondary N) is 1. The molecule has 0 bridgehead atoms. The summed E-state index contributed by atoms with van der Waals surface area (Å²) in [5.41, 5.74) is 8.20. The first kappa shape index (κ1) is 13.4. The minimum atomic E-state index is 0.596. The third kappa shape index (κ3) is 2.86. The van der Waals surface area contributed by atoms with E-state index in [4.69, 9.17) is 28.9 Å². The number of benzene rings is 1. The second-order valence-corrected chi connectivity index (χ2v) is 5.01. The van der Waals surface area contributed by atoms with Crippen LogP contribution in [0.3, 0.4) is 0 Å².